The fraction of sp³-hybridized carbons (Fsp3) is 0.400. The molecule has 0 bridgehead atoms. The van der Waals surface area contributed by atoms with Gasteiger partial charge in [-0.3, -0.25) is 0 Å². The third-order valence-corrected chi connectivity index (χ3v) is 4.85. The predicted molar refractivity (Wildman–Crippen MR) is 76.0 cm³/mol. The average molecular weight is 258 g/mol. The molecule has 1 aromatic heterocycles. The number of thiazole rings is 1. The van der Waals surface area contributed by atoms with E-state index < -0.39 is 0 Å². The zero-order valence-electron chi connectivity index (χ0n) is 10.6. The van der Waals surface area contributed by atoms with Gasteiger partial charge in [-0.15, -0.1) is 11.3 Å². The monoisotopic (exact) mass is 258 g/mol. The van der Waals surface area contributed by atoms with Gasteiger partial charge in [0.2, 0.25) is 0 Å². The molecule has 3 rings (SSSR count). The molecule has 94 valence electrons. The van der Waals surface area contributed by atoms with Gasteiger partial charge in [-0.25, -0.2) is 4.98 Å². The van der Waals surface area contributed by atoms with Crippen LogP contribution in [0.4, 0.5) is 0 Å². The molecule has 0 fully saturated rings. The highest BCUT2D eigenvalue weighted by atomic mass is 32.1. The Morgan fingerprint density at radius 2 is 2.22 bits per heavy atom. The largest absolute Gasteiger partial charge is 0.326 e. The van der Waals surface area contributed by atoms with E-state index in [1.54, 1.807) is 0 Å². The number of aromatic nitrogens is 1. The zero-order chi connectivity index (χ0) is 12.5. The molecule has 1 aliphatic rings. The summed E-state index contributed by atoms with van der Waals surface area (Å²) in [5.41, 5.74) is 9.98. The van der Waals surface area contributed by atoms with Gasteiger partial charge in [-0.1, -0.05) is 37.6 Å². The van der Waals surface area contributed by atoms with E-state index >= 15 is 0 Å². The molecule has 0 spiro atoms. The normalized spacial score (nSPS) is 17.3. The maximum Gasteiger partial charge on any atom is 0.101 e. The Kier molecular flexibility index (Phi) is 3.18. The van der Waals surface area contributed by atoms with Crippen molar-refractivity contribution >= 4 is 11.3 Å². The molecule has 0 saturated carbocycles. The van der Waals surface area contributed by atoms with E-state index in [4.69, 9.17) is 10.7 Å². The van der Waals surface area contributed by atoms with Crippen molar-refractivity contribution in [2.75, 3.05) is 0 Å². The Morgan fingerprint density at radius 3 is 2.94 bits per heavy atom. The van der Waals surface area contributed by atoms with E-state index in [9.17, 15) is 0 Å². The summed E-state index contributed by atoms with van der Waals surface area (Å²) in [6, 6.07) is 8.68. The van der Waals surface area contributed by atoms with Gasteiger partial charge in [0, 0.05) is 17.3 Å². The van der Waals surface area contributed by atoms with Crippen LogP contribution in [0, 0.1) is 0 Å². The third kappa shape index (κ3) is 1.88. The van der Waals surface area contributed by atoms with Crippen LogP contribution >= 0.6 is 11.3 Å². The van der Waals surface area contributed by atoms with Crippen LogP contribution in [-0.4, -0.2) is 4.98 Å². The standard InChI is InChI=1S/C15H18N2S/c1-2-5-13-14(9-16)18-15(17-13)12-8-10-6-3-4-7-11(10)12/h3-4,6-7,12H,2,5,8-9,16H2,1H3. The van der Waals surface area contributed by atoms with Gasteiger partial charge in [-0.2, -0.15) is 0 Å². The van der Waals surface area contributed by atoms with Crippen molar-refractivity contribution in [1.82, 2.24) is 4.98 Å². The molecule has 1 heterocycles. The third-order valence-electron chi connectivity index (χ3n) is 3.62. The summed E-state index contributed by atoms with van der Waals surface area (Å²) in [6.07, 6.45) is 3.33. The van der Waals surface area contributed by atoms with Crippen molar-refractivity contribution in [2.45, 2.75) is 38.6 Å². The van der Waals surface area contributed by atoms with Crippen LogP contribution in [0.15, 0.2) is 24.3 Å². The summed E-state index contributed by atoms with van der Waals surface area (Å²) in [7, 11) is 0. The average Bonchev–Trinajstić information content (AvgIpc) is 2.74. The van der Waals surface area contributed by atoms with Crippen molar-refractivity contribution in [3.05, 3.63) is 51.0 Å². The van der Waals surface area contributed by atoms with Gasteiger partial charge in [-0.05, 0) is 24.0 Å². The molecule has 18 heavy (non-hydrogen) atoms. The lowest BCUT2D eigenvalue weighted by Crippen LogP contribution is -2.17. The van der Waals surface area contributed by atoms with E-state index in [2.05, 4.69) is 31.2 Å². The number of nitrogens with two attached hydrogens (primary N) is 1. The maximum absolute atomic E-state index is 5.82. The first-order valence-corrected chi connectivity index (χ1v) is 7.41. The molecular formula is C15H18N2S. The van der Waals surface area contributed by atoms with Crippen molar-refractivity contribution in [2.24, 2.45) is 5.73 Å². The molecule has 1 aromatic carbocycles. The van der Waals surface area contributed by atoms with Crippen LogP contribution in [0.1, 0.15) is 46.0 Å². The smallest absolute Gasteiger partial charge is 0.101 e. The van der Waals surface area contributed by atoms with E-state index in [0.717, 1.165) is 19.3 Å². The van der Waals surface area contributed by atoms with Gasteiger partial charge in [0.15, 0.2) is 0 Å². The second-order valence-corrected chi connectivity index (χ2v) is 5.95. The highest BCUT2D eigenvalue weighted by molar-refractivity contribution is 7.11. The van der Waals surface area contributed by atoms with Crippen LogP contribution in [0.25, 0.3) is 0 Å². The van der Waals surface area contributed by atoms with E-state index in [1.165, 1.54) is 26.7 Å². The fourth-order valence-corrected chi connectivity index (χ4v) is 3.73. The first-order valence-electron chi connectivity index (χ1n) is 6.59. The van der Waals surface area contributed by atoms with Crippen molar-refractivity contribution in [3.8, 4) is 0 Å². The maximum atomic E-state index is 5.82. The van der Waals surface area contributed by atoms with Crippen molar-refractivity contribution in [1.29, 1.82) is 0 Å². The van der Waals surface area contributed by atoms with Gasteiger partial charge in [0.05, 0.1) is 5.69 Å². The Bertz CT molecular complexity index is 559. The van der Waals surface area contributed by atoms with E-state index in [1.807, 2.05) is 11.3 Å². The lowest BCUT2D eigenvalue weighted by Gasteiger charge is -2.28. The van der Waals surface area contributed by atoms with E-state index in [0.29, 0.717) is 12.5 Å². The van der Waals surface area contributed by atoms with Crippen LogP contribution in [-0.2, 0) is 19.4 Å². The van der Waals surface area contributed by atoms with Crippen molar-refractivity contribution < 1.29 is 0 Å². The first kappa shape index (κ1) is 11.9. The Morgan fingerprint density at radius 1 is 1.39 bits per heavy atom. The second-order valence-electron chi connectivity index (χ2n) is 4.83. The topological polar surface area (TPSA) is 38.9 Å². The number of benzene rings is 1. The molecule has 1 unspecified atom stereocenters. The van der Waals surface area contributed by atoms with Crippen molar-refractivity contribution in [3.63, 3.8) is 0 Å². The Labute approximate surface area is 112 Å². The number of fused-ring (bicyclic) bond motifs is 1. The van der Waals surface area contributed by atoms with Gasteiger partial charge in [0.25, 0.3) is 0 Å². The molecule has 3 heteroatoms. The minimum atomic E-state index is 0.516. The molecule has 1 atom stereocenters. The molecule has 0 saturated heterocycles. The van der Waals surface area contributed by atoms with Crippen LogP contribution < -0.4 is 5.73 Å². The zero-order valence-corrected chi connectivity index (χ0v) is 11.5. The number of aryl methyl sites for hydroxylation is 1. The SMILES string of the molecule is CCCc1nc(C2Cc3ccccc32)sc1CN. The summed E-state index contributed by atoms with van der Waals surface area (Å²) in [4.78, 5) is 6.10. The molecule has 0 radical (unpaired) electrons. The van der Waals surface area contributed by atoms with Gasteiger partial charge < -0.3 is 5.73 Å². The molecular weight excluding hydrogens is 240 g/mol. The molecule has 2 nitrogen and oxygen atoms in total. The second kappa shape index (κ2) is 4.82. The fourth-order valence-electron chi connectivity index (χ4n) is 2.62. The lowest BCUT2D eigenvalue weighted by atomic mass is 9.78. The molecule has 0 aliphatic heterocycles. The van der Waals surface area contributed by atoms with Gasteiger partial charge >= 0.3 is 0 Å². The summed E-state index contributed by atoms with van der Waals surface area (Å²) in [5, 5.41) is 1.26. The Hall–Kier alpha value is -1.19. The minimum Gasteiger partial charge on any atom is -0.326 e. The number of rotatable bonds is 4. The van der Waals surface area contributed by atoms with E-state index in [-0.39, 0.29) is 0 Å². The van der Waals surface area contributed by atoms with Crippen LogP contribution in [0.3, 0.4) is 0 Å². The van der Waals surface area contributed by atoms with Crippen LogP contribution in [0.5, 0.6) is 0 Å². The highest BCUT2D eigenvalue weighted by Gasteiger charge is 2.30. The lowest BCUT2D eigenvalue weighted by molar-refractivity contribution is 0.696. The van der Waals surface area contributed by atoms with Crippen LogP contribution in [0.2, 0.25) is 0 Å². The predicted octanol–water partition coefficient (Wildman–Crippen LogP) is 3.24. The number of hydrogen-bond donors (Lipinski definition) is 1. The summed E-state index contributed by atoms with van der Waals surface area (Å²) in [5.74, 6) is 0.516. The molecule has 0 amide bonds. The summed E-state index contributed by atoms with van der Waals surface area (Å²) >= 11 is 1.81. The highest BCUT2D eigenvalue weighted by Crippen LogP contribution is 2.42. The summed E-state index contributed by atoms with van der Waals surface area (Å²) in [6.45, 7) is 2.82. The molecule has 1 aliphatic carbocycles. The summed E-state index contributed by atoms with van der Waals surface area (Å²) < 4.78 is 0. The number of hydrogen-bond acceptors (Lipinski definition) is 3. The quantitative estimate of drug-likeness (QED) is 0.914. The first-order chi connectivity index (χ1) is 8.83. The number of nitrogens with zero attached hydrogens (tertiary/aromatic N) is 1. The molecule has 2 aromatic rings. The minimum absolute atomic E-state index is 0.516. The molecule has 2 N–H and O–H groups in total. The van der Waals surface area contributed by atoms with Gasteiger partial charge in [0.1, 0.15) is 5.01 Å². The Balaban J connectivity index is 1.91.